The highest BCUT2D eigenvalue weighted by molar-refractivity contribution is 5.99. The average Bonchev–Trinajstić information content (AvgIpc) is 3.34. The Morgan fingerprint density at radius 2 is 1.67 bits per heavy atom. The number of carbonyl (C=O) groups is 2. The number of para-hydroxylation sites is 1. The Hall–Kier alpha value is -4.59. The molecule has 0 aliphatic rings. The minimum atomic E-state index is -0.327. The van der Waals surface area contributed by atoms with E-state index in [2.05, 4.69) is 15.7 Å². The van der Waals surface area contributed by atoms with Crippen molar-refractivity contribution in [2.75, 3.05) is 19.5 Å². The third kappa shape index (κ3) is 5.38. The average molecular weight is 485 g/mol. The van der Waals surface area contributed by atoms with Gasteiger partial charge in [-0.3, -0.25) is 9.59 Å². The Morgan fingerprint density at radius 1 is 0.917 bits per heavy atom. The van der Waals surface area contributed by atoms with Gasteiger partial charge in [-0.2, -0.15) is 5.10 Å². The van der Waals surface area contributed by atoms with Crippen LogP contribution >= 0.6 is 0 Å². The lowest BCUT2D eigenvalue weighted by Gasteiger charge is -2.15. The van der Waals surface area contributed by atoms with E-state index >= 15 is 0 Å². The monoisotopic (exact) mass is 484 g/mol. The fourth-order valence-corrected chi connectivity index (χ4v) is 3.91. The lowest BCUT2D eigenvalue weighted by molar-refractivity contribution is -0.114. The van der Waals surface area contributed by atoms with E-state index in [-0.39, 0.29) is 23.6 Å². The first-order valence-electron chi connectivity index (χ1n) is 11.5. The van der Waals surface area contributed by atoms with Crippen LogP contribution in [0.2, 0.25) is 0 Å². The first-order chi connectivity index (χ1) is 17.4. The SMILES string of the molecule is COc1ccc(-c2cn(-c3ccccc3)nc2C(=O)NC(C)c2cccc(NC(C)=O)c2)cc1OC. The molecule has 1 unspecified atom stereocenters. The van der Waals surface area contributed by atoms with E-state index in [0.29, 0.717) is 22.7 Å². The van der Waals surface area contributed by atoms with Crippen LogP contribution < -0.4 is 20.1 Å². The second kappa shape index (κ2) is 10.8. The quantitative estimate of drug-likeness (QED) is 0.367. The van der Waals surface area contributed by atoms with Crippen LogP contribution in [-0.4, -0.2) is 35.8 Å². The molecule has 2 N–H and O–H groups in total. The number of anilines is 1. The van der Waals surface area contributed by atoms with Crippen LogP contribution in [0, 0.1) is 0 Å². The predicted molar refractivity (Wildman–Crippen MR) is 139 cm³/mol. The first kappa shape index (κ1) is 24.5. The van der Waals surface area contributed by atoms with Crippen LogP contribution in [0.15, 0.2) is 79.0 Å². The zero-order valence-electron chi connectivity index (χ0n) is 20.6. The molecule has 0 bridgehead atoms. The summed E-state index contributed by atoms with van der Waals surface area (Å²) in [6.07, 6.45) is 1.83. The maximum atomic E-state index is 13.5. The highest BCUT2D eigenvalue weighted by Crippen LogP contribution is 2.34. The van der Waals surface area contributed by atoms with Gasteiger partial charge in [0, 0.05) is 24.4 Å². The van der Waals surface area contributed by atoms with Crippen LogP contribution in [0.4, 0.5) is 5.69 Å². The molecule has 2 amide bonds. The van der Waals surface area contributed by atoms with Gasteiger partial charge in [0.15, 0.2) is 17.2 Å². The summed E-state index contributed by atoms with van der Waals surface area (Å²) >= 11 is 0. The molecule has 0 spiro atoms. The number of amides is 2. The zero-order valence-corrected chi connectivity index (χ0v) is 20.6. The second-order valence-electron chi connectivity index (χ2n) is 8.24. The highest BCUT2D eigenvalue weighted by atomic mass is 16.5. The summed E-state index contributed by atoms with van der Waals surface area (Å²) in [4.78, 5) is 24.9. The fourth-order valence-electron chi connectivity index (χ4n) is 3.91. The molecule has 4 rings (SSSR count). The number of methoxy groups -OCH3 is 2. The number of nitrogens with zero attached hydrogens (tertiary/aromatic N) is 2. The van der Waals surface area contributed by atoms with Crippen molar-refractivity contribution in [3.05, 3.63) is 90.3 Å². The van der Waals surface area contributed by atoms with Gasteiger partial charge in [-0.05, 0) is 54.4 Å². The minimum absolute atomic E-state index is 0.158. The van der Waals surface area contributed by atoms with Crippen molar-refractivity contribution in [1.29, 1.82) is 0 Å². The standard InChI is InChI=1S/C28H28N4O4/c1-18(20-9-8-10-22(15-20)30-19(2)33)29-28(34)27-24(17-32(31-27)23-11-6-5-7-12-23)21-13-14-25(35-3)26(16-21)36-4/h5-18H,1-4H3,(H,29,34)(H,30,33). The molecule has 1 heterocycles. The molecule has 1 atom stereocenters. The van der Waals surface area contributed by atoms with Gasteiger partial charge < -0.3 is 20.1 Å². The highest BCUT2D eigenvalue weighted by Gasteiger charge is 2.22. The topological polar surface area (TPSA) is 94.5 Å². The van der Waals surface area contributed by atoms with Crippen LogP contribution in [0.25, 0.3) is 16.8 Å². The van der Waals surface area contributed by atoms with Crippen molar-refractivity contribution in [1.82, 2.24) is 15.1 Å². The van der Waals surface area contributed by atoms with Gasteiger partial charge in [-0.15, -0.1) is 0 Å². The molecular weight excluding hydrogens is 456 g/mol. The molecule has 36 heavy (non-hydrogen) atoms. The molecule has 184 valence electrons. The molecule has 0 aliphatic carbocycles. The third-order valence-electron chi connectivity index (χ3n) is 5.70. The number of ether oxygens (including phenoxy) is 2. The Morgan fingerprint density at radius 3 is 2.36 bits per heavy atom. The number of carbonyl (C=O) groups excluding carboxylic acids is 2. The van der Waals surface area contributed by atoms with Crippen molar-refractivity contribution in [3.8, 4) is 28.3 Å². The van der Waals surface area contributed by atoms with Gasteiger partial charge in [0.05, 0.1) is 25.9 Å². The molecule has 0 saturated carbocycles. The van der Waals surface area contributed by atoms with Gasteiger partial charge in [-0.25, -0.2) is 4.68 Å². The van der Waals surface area contributed by atoms with Crippen LogP contribution in [0.1, 0.15) is 35.9 Å². The van der Waals surface area contributed by atoms with Gasteiger partial charge in [0.2, 0.25) is 5.91 Å². The molecular formula is C28H28N4O4. The zero-order chi connectivity index (χ0) is 25.7. The van der Waals surface area contributed by atoms with Gasteiger partial charge in [0.1, 0.15) is 0 Å². The summed E-state index contributed by atoms with van der Waals surface area (Å²) in [7, 11) is 3.14. The Labute approximate surface area is 209 Å². The molecule has 3 aromatic carbocycles. The molecule has 4 aromatic rings. The first-order valence-corrected chi connectivity index (χ1v) is 11.5. The Balaban J connectivity index is 1.70. The van der Waals surface area contributed by atoms with Gasteiger partial charge >= 0.3 is 0 Å². The summed E-state index contributed by atoms with van der Waals surface area (Å²) in [6, 6.07) is 22.1. The van der Waals surface area contributed by atoms with E-state index in [4.69, 9.17) is 9.47 Å². The minimum Gasteiger partial charge on any atom is -0.493 e. The van der Waals surface area contributed by atoms with Crippen molar-refractivity contribution < 1.29 is 19.1 Å². The van der Waals surface area contributed by atoms with Crippen molar-refractivity contribution in [2.24, 2.45) is 0 Å². The summed E-state index contributed by atoms with van der Waals surface area (Å²) in [5, 5.41) is 10.4. The number of rotatable bonds is 8. The molecule has 0 fully saturated rings. The summed E-state index contributed by atoms with van der Waals surface area (Å²) in [6.45, 7) is 3.34. The summed E-state index contributed by atoms with van der Waals surface area (Å²) in [5.41, 5.74) is 4.03. The number of benzene rings is 3. The van der Waals surface area contributed by atoms with E-state index in [1.807, 2.05) is 73.8 Å². The summed E-state index contributed by atoms with van der Waals surface area (Å²) in [5.74, 6) is 0.661. The molecule has 0 radical (unpaired) electrons. The number of hydrogen-bond donors (Lipinski definition) is 2. The Kier molecular flexibility index (Phi) is 7.34. The summed E-state index contributed by atoms with van der Waals surface area (Å²) < 4.78 is 12.5. The smallest absolute Gasteiger partial charge is 0.272 e. The number of aromatic nitrogens is 2. The van der Waals surface area contributed by atoms with E-state index in [9.17, 15) is 9.59 Å². The maximum Gasteiger partial charge on any atom is 0.272 e. The van der Waals surface area contributed by atoms with E-state index in [1.54, 1.807) is 31.0 Å². The van der Waals surface area contributed by atoms with Gasteiger partial charge in [0.25, 0.3) is 5.91 Å². The number of hydrogen-bond acceptors (Lipinski definition) is 5. The largest absolute Gasteiger partial charge is 0.493 e. The molecule has 0 aliphatic heterocycles. The van der Waals surface area contributed by atoms with E-state index in [0.717, 1.165) is 16.8 Å². The predicted octanol–water partition coefficient (Wildman–Crippen LogP) is 5.01. The van der Waals surface area contributed by atoms with E-state index < -0.39 is 0 Å². The second-order valence-corrected chi connectivity index (χ2v) is 8.24. The Bertz CT molecular complexity index is 1380. The lowest BCUT2D eigenvalue weighted by atomic mass is 10.0. The van der Waals surface area contributed by atoms with Crippen LogP contribution in [0.3, 0.4) is 0 Å². The molecule has 8 nitrogen and oxygen atoms in total. The molecule has 1 aromatic heterocycles. The lowest BCUT2D eigenvalue weighted by Crippen LogP contribution is -2.27. The van der Waals surface area contributed by atoms with Crippen molar-refractivity contribution in [3.63, 3.8) is 0 Å². The normalized spacial score (nSPS) is 11.4. The van der Waals surface area contributed by atoms with Gasteiger partial charge in [-0.1, -0.05) is 36.4 Å². The maximum absolute atomic E-state index is 13.5. The number of nitrogens with one attached hydrogen (secondary N) is 2. The fraction of sp³-hybridized carbons (Fsp3) is 0.179. The van der Waals surface area contributed by atoms with Crippen LogP contribution in [-0.2, 0) is 4.79 Å². The molecule has 8 heteroatoms. The van der Waals surface area contributed by atoms with Crippen molar-refractivity contribution in [2.45, 2.75) is 19.9 Å². The van der Waals surface area contributed by atoms with Crippen LogP contribution in [0.5, 0.6) is 11.5 Å². The third-order valence-corrected chi connectivity index (χ3v) is 5.70. The molecule has 0 saturated heterocycles. The van der Waals surface area contributed by atoms with E-state index in [1.165, 1.54) is 6.92 Å². The van der Waals surface area contributed by atoms with Crippen molar-refractivity contribution >= 4 is 17.5 Å².